The van der Waals surface area contributed by atoms with Crippen molar-refractivity contribution in [2.24, 2.45) is 0 Å². The van der Waals surface area contributed by atoms with Crippen LogP contribution in [0, 0.1) is 0 Å². The van der Waals surface area contributed by atoms with Crippen LogP contribution in [0.2, 0.25) is 0 Å². The Hall–Kier alpha value is -2.42. The van der Waals surface area contributed by atoms with Gasteiger partial charge in [-0.05, 0) is 23.8 Å². The third-order valence-corrected chi connectivity index (χ3v) is 4.13. The van der Waals surface area contributed by atoms with Crippen molar-refractivity contribution in [3.05, 3.63) is 71.3 Å². The Labute approximate surface area is 137 Å². The van der Waals surface area contributed by atoms with E-state index in [1.54, 1.807) is 0 Å². The molecule has 2 rings (SSSR count). The van der Waals surface area contributed by atoms with Gasteiger partial charge in [0.15, 0.2) is 5.78 Å². The highest BCUT2D eigenvalue weighted by atomic mass is 16.4. The first-order valence-corrected chi connectivity index (χ1v) is 7.83. The van der Waals surface area contributed by atoms with Crippen LogP contribution in [0.1, 0.15) is 54.6 Å². The van der Waals surface area contributed by atoms with Crippen LogP contribution < -0.4 is 0 Å². The summed E-state index contributed by atoms with van der Waals surface area (Å²) in [6.07, 6.45) is 1.47. The molecule has 0 spiro atoms. The SMILES string of the molecule is CC(C)(CCCC(=O)O)c1ccccc1C(=O)c1ccccc1. The van der Waals surface area contributed by atoms with Crippen molar-refractivity contribution in [1.82, 2.24) is 0 Å². The molecular weight excluding hydrogens is 288 g/mol. The van der Waals surface area contributed by atoms with Gasteiger partial charge in [-0.1, -0.05) is 68.4 Å². The fourth-order valence-corrected chi connectivity index (χ4v) is 2.83. The van der Waals surface area contributed by atoms with Gasteiger partial charge in [-0.25, -0.2) is 0 Å². The molecule has 0 aliphatic heterocycles. The first-order chi connectivity index (χ1) is 10.9. The predicted molar refractivity (Wildman–Crippen MR) is 90.8 cm³/mol. The van der Waals surface area contributed by atoms with Gasteiger partial charge in [0.1, 0.15) is 0 Å². The zero-order valence-electron chi connectivity index (χ0n) is 13.6. The molecule has 0 aliphatic rings. The fourth-order valence-electron chi connectivity index (χ4n) is 2.83. The van der Waals surface area contributed by atoms with Crippen LogP contribution in [0.4, 0.5) is 0 Å². The Morgan fingerprint density at radius 3 is 2.22 bits per heavy atom. The molecule has 3 nitrogen and oxygen atoms in total. The average molecular weight is 310 g/mol. The van der Waals surface area contributed by atoms with Gasteiger partial charge in [0.05, 0.1) is 0 Å². The van der Waals surface area contributed by atoms with E-state index < -0.39 is 5.97 Å². The third-order valence-electron chi connectivity index (χ3n) is 4.13. The molecular formula is C20H22O3. The number of hydrogen-bond donors (Lipinski definition) is 1. The van der Waals surface area contributed by atoms with Crippen LogP contribution in [0.25, 0.3) is 0 Å². The average Bonchev–Trinajstić information content (AvgIpc) is 2.54. The summed E-state index contributed by atoms with van der Waals surface area (Å²) in [5.41, 5.74) is 2.08. The summed E-state index contributed by atoms with van der Waals surface area (Å²) < 4.78 is 0. The van der Waals surface area contributed by atoms with Gasteiger partial charge in [-0.15, -0.1) is 0 Å². The molecule has 0 aromatic heterocycles. The molecule has 3 heteroatoms. The van der Waals surface area contributed by atoms with E-state index in [2.05, 4.69) is 13.8 Å². The van der Waals surface area contributed by atoms with Crippen molar-refractivity contribution < 1.29 is 14.7 Å². The minimum absolute atomic E-state index is 0.00695. The molecule has 0 amide bonds. The molecule has 0 heterocycles. The van der Waals surface area contributed by atoms with E-state index in [1.165, 1.54) is 0 Å². The second-order valence-electron chi connectivity index (χ2n) is 6.37. The molecule has 23 heavy (non-hydrogen) atoms. The van der Waals surface area contributed by atoms with E-state index >= 15 is 0 Å². The second-order valence-corrected chi connectivity index (χ2v) is 6.37. The lowest BCUT2D eigenvalue weighted by molar-refractivity contribution is -0.137. The second kappa shape index (κ2) is 7.23. The number of ketones is 1. The van der Waals surface area contributed by atoms with Crippen molar-refractivity contribution in [2.75, 3.05) is 0 Å². The number of rotatable bonds is 7. The monoisotopic (exact) mass is 310 g/mol. The van der Waals surface area contributed by atoms with Gasteiger partial charge in [-0.2, -0.15) is 0 Å². The van der Waals surface area contributed by atoms with E-state index in [0.29, 0.717) is 17.5 Å². The zero-order chi connectivity index (χ0) is 16.9. The zero-order valence-corrected chi connectivity index (χ0v) is 13.6. The highest BCUT2D eigenvalue weighted by molar-refractivity contribution is 6.10. The molecule has 0 bridgehead atoms. The van der Waals surface area contributed by atoms with E-state index in [0.717, 1.165) is 12.0 Å². The number of hydrogen-bond acceptors (Lipinski definition) is 2. The first kappa shape index (κ1) is 16.9. The molecule has 0 unspecified atom stereocenters. The quantitative estimate of drug-likeness (QED) is 0.769. The number of carbonyl (C=O) groups is 2. The van der Waals surface area contributed by atoms with Crippen molar-refractivity contribution in [3.63, 3.8) is 0 Å². The highest BCUT2D eigenvalue weighted by Crippen LogP contribution is 2.32. The predicted octanol–water partition coefficient (Wildman–Crippen LogP) is 4.45. The van der Waals surface area contributed by atoms with Crippen molar-refractivity contribution in [3.8, 4) is 0 Å². The normalized spacial score (nSPS) is 11.2. The van der Waals surface area contributed by atoms with Crippen molar-refractivity contribution >= 4 is 11.8 Å². The fraction of sp³-hybridized carbons (Fsp3) is 0.300. The van der Waals surface area contributed by atoms with Gasteiger partial charge in [-0.3, -0.25) is 9.59 Å². The summed E-state index contributed by atoms with van der Waals surface area (Å²) >= 11 is 0. The molecule has 0 saturated carbocycles. The Balaban J connectivity index is 2.30. The molecule has 120 valence electrons. The lowest BCUT2D eigenvalue weighted by Gasteiger charge is -2.27. The van der Waals surface area contributed by atoms with Gasteiger partial charge in [0.2, 0.25) is 0 Å². The summed E-state index contributed by atoms with van der Waals surface area (Å²) in [5, 5.41) is 8.82. The summed E-state index contributed by atoms with van der Waals surface area (Å²) in [5.74, 6) is -0.776. The first-order valence-electron chi connectivity index (χ1n) is 7.83. The van der Waals surface area contributed by atoms with Gasteiger partial charge in [0, 0.05) is 17.5 Å². The maximum atomic E-state index is 12.8. The number of carboxylic acid groups (broad SMARTS) is 1. The molecule has 0 aliphatic carbocycles. The van der Waals surface area contributed by atoms with Crippen molar-refractivity contribution in [1.29, 1.82) is 0 Å². The van der Waals surface area contributed by atoms with Crippen LogP contribution in [0.3, 0.4) is 0 Å². The molecule has 2 aromatic rings. The van der Waals surface area contributed by atoms with E-state index in [1.807, 2.05) is 54.6 Å². The van der Waals surface area contributed by atoms with E-state index in [-0.39, 0.29) is 17.6 Å². The molecule has 2 aromatic carbocycles. The lowest BCUT2D eigenvalue weighted by Crippen LogP contribution is -2.21. The molecule has 0 atom stereocenters. The van der Waals surface area contributed by atoms with E-state index in [4.69, 9.17) is 5.11 Å². The van der Waals surface area contributed by atoms with Gasteiger partial charge in [0.25, 0.3) is 0 Å². The number of carboxylic acids is 1. The minimum Gasteiger partial charge on any atom is -0.481 e. The summed E-state index contributed by atoms with van der Waals surface area (Å²) in [6, 6.07) is 16.8. The van der Waals surface area contributed by atoms with Crippen LogP contribution in [-0.2, 0) is 10.2 Å². The van der Waals surface area contributed by atoms with Crippen LogP contribution in [0.15, 0.2) is 54.6 Å². The lowest BCUT2D eigenvalue weighted by atomic mass is 9.76. The van der Waals surface area contributed by atoms with Gasteiger partial charge < -0.3 is 5.11 Å². The number of carbonyl (C=O) groups excluding carboxylic acids is 1. The summed E-state index contributed by atoms with van der Waals surface area (Å²) in [7, 11) is 0. The minimum atomic E-state index is -0.783. The molecule has 1 N–H and O–H groups in total. The van der Waals surface area contributed by atoms with Crippen LogP contribution in [0.5, 0.6) is 0 Å². The smallest absolute Gasteiger partial charge is 0.303 e. The van der Waals surface area contributed by atoms with Crippen molar-refractivity contribution in [2.45, 2.75) is 38.5 Å². The Morgan fingerprint density at radius 2 is 1.57 bits per heavy atom. The highest BCUT2D eigenvalue weighted by Gasteiger charge is 2.26. The maximum absolute atomic E-state index is 12.8. The standard InChI is InChI=1S/C20H22O3/c1-20(2,14-8-13-18(21)22)17-12-7-6-11-16(17)19(23)15-9-4-3-5-10-15/h3-7,9-12H,8,13-14H2,1-2H3,(H,21,22). The molecule has 0 saturated heterocycles. The number of aliphatic carboxylic acids is 1. The Bertz CT molecular complexity index is 687. The van der Waals surface area contributed by atoms with E-state index in [9.17, 15) is 9.59 Å². The van der Waals surface area contributed by atoms with Crippen LogP contribution >= 0.6 is 0 Å². The molecule has 0 fully saturated rings. The third kappa shape index (κ3) is 4.28. The summed E-state index contributed by atoms with van der Waals surface area (Å²) in [6.45, 7) is 4.12. The number of benzene rings is 2. The maximum Gasteiger partial charge on any atom is 0.303 e. The van der Waals surface area contributed by atoms with Crippen LogP contribution in [-0.4, -0.2) is 16.9 Å². The summed E-state index contributed by atoms with van der Waals surface area (Å²) in [4.78, 5) is 23.5. The van der Waals surface area contributed by atoms with Gasteiger partial charge >= 0.3 is 5.97 Å². The largest absolute Gasteiger partial charge is 0.481 e. The Morgan fingerprint density at radius 1 is 0.957 bits per heavy atom. The molecule has 0 radical (unpaired) electrons. The Kier molecular flexibility index (Phi) is 5.32. The topological polar surface area (TPSA) is 54.4 Å².